The first-order valence-corrected chi connectivity index (χ1v) is 10.8. The number of rotatable bonds is 6. The van der Waals surface area contributed by atoms with Gasteiger partial charge in [0.05, 0.1) is 0 Å². The minimum atomic E-state index is -1.08. The van der Waals surface area contributed by atoms with Crippen LogP contribution in [0.2, 0.25) is 0 Å². The van der Waals surface area contributed by atoms with Gasteiger partial charge in [0.1, 0.15) is 23.6 Å². The van der Waals surface area contributed by atoms with Crippen LogP contribution in [0.3, 0.4) is 0 Å². The van der Waals surface area contributed by atoms with Crippen molar-refractivity contribution < 1.29 is 33.4 Å². The van der Waals surface area contributed by atoms with Crippen molar-refractivity contribution in [2.75, 3.05) is 19.8 Å². The van der Waals surface area contributed by atoms with Gasteiger partial charge in [0.2, 0.25) is 0 Å². The summed E-state index contributed by atoms with van der Waals surface area (Å²) < 4.78 is 16.1. The van der Waals surface area contributed by atoms with Crippen molar-refractivity contribution in [1.82, 2.24) is 15.8 Å². The van der Waals surface area contributed by atoms with Gasteiger partial charge in [-0.3, -0.25) is 15.0 Å². The van der Waals surface area contributed by atoms with E-state index in [9.17, 15) is 19.2 Å². The van der Waals surface area contributed by atoms with Crippen molar-refractivity contribution in [3.05, 3.63) is 35.2 Å². The summed E-state index contributed by atoms with van der Waals surface area (Å²) in [6.07, 6.45) is 0.364. The average Bonchev–Trinajstić information content (AvgIpc) is 3.37. The predicted molar refractivity (Wildman–Crippen MR) is 113 cm³/mol. The third kappa shape index (κ3) is 4.11. The molecule has 32 heavy (non-hydrogen) atoms. The highest BCUT2D eigenvalue weighted by molar-refractivity contribution is 7.17. The summed E-state index contributed by atoms with van der Waals surface area (Å²) in [4.78, 5) is 49.8. The molecule has 0 radical (unpaired) electrons. The SMILES string of the molecule is CCC1(C)NC(=O)N(NC(=O)COC(=O)c2ccc(-c3ccc4c(c3)OCCO4)s2)C1=O. The monoisotopic (exact) mass is 459 g/mol. The Labute approximate surface area is 187 Å². The number of nitrogens with zero attached hydrogens (tertiary/aromatic N) is 1. The minimum Gasteiger partial charge on any atom is -0.486 e. The zero-order valence-corrected chi connectivity index (χ0v) is 18.2. The van der Waals surface area contributed by atoms with Gasteiger partial charge in [-0.15, -0.1) is 11.3 Å². The molecule has 0 saturated carbocycles. The van der Waals surface area contributed by atoms with E-state index in [1.165, 1.54) is 11.3 Å². The number of carbonyl (C=O) groups is 4. The van der Waals surface area contributed by atoms with E-state index < -0.39 is 36.0 Å². The van der Waals surface area contributed by atoms with E-state index >= 15 is 0 Å². The van der Waals surface area contributed by atoms with Gasteiger partial charge in [-0.2, -0.15) is 5.01 Å². The van der Waals surface area contributed by atoms with Crippen molar-refractivity contribution in [2.45, 2.75) is 25.8 Å². The van der Waals surface area contributed by atoms with Crippen LogP contribution in [0.4, 0.5) is 4.79 Å². The zero-order valence-electron chi connectivity index (χ0n) is 17.4. The van der Waals surface area contributed by atoms with Gasteiger partial charge in [-0.25, -0.2) is 9.59 Å². The quantitative estimate of drug-likeness (QED) is 0.501. The number of hydrogen-bond acceptors (Lipinski definition) is 8. The number of fused-ring (bicyclic) bond motifs is 1. The molecule has 3 heterocycles. The van der Waals surface area contributed by atoms with Crippen molar-refractivity contribution in [1.29, 1.82) is 0 Å². The molecule has 1 aromatic carbocycles. The summed E-state index contributed by atoms with van der Waals surface area (Å²) in [5, 5.41) is 3.11. The van der Waals surface area contributed by atoms with Crippen LogP contribution in [0, 0.1) is 0 Å². The van der Waals surface area contributed by atoms with Crippen molar-refractivity contribution >= 4 is 35.2 Å². The fourth-order valence-electron chi connectivity index (χ4n) is 3.18. The number of ether oxygens (including phenoxy) is 3. The highest BCUT2D eigenvalue weighted by Crippen LogP contribution is 2.37. The smallest absolute Gasteiger partial charge is 0.348 e. The number of benzene rings is 1. The number of amides is 4. The highest BCUT2D eigenvalue weighted by Gasteiger charge is 2.47. The average molecular weight is 459 g/mol. The van der Waals surface area contributed by atoms with E-state index in [-0.39, 0.29) is 0 Å². The summed E-state index contributed by atoms with van der Waals surface area (Å²) >= 11 is 1.20. The Bertz CT molecular complexity index is 1100. The Morgan fingerprint density at radius 3 is 2.66 bits per heavy atom. The summed E-state index contributed by atoms with van der Waals surface area (Å²) in [7, 11) is 0. The molecule has 4 rings (SSSR count). The zero-order chi connectivity index (χ0) is 22.9. The van der Waals surface area contributed by atoms with E-state index in [1.807, 2.05) is 18.2 Å². The fourth-order valence-corrected chi connectivity index (χ4v) is 4.08. The molecule has 11 heteroatoms. The Hall–Kier alpha value is -3.60. The molecule has 0 bridgehead atoms. The number of hydrazine groups is 1. The summed E-state index contributed by atoms with van der Waals surface area (Å²) in [5.74, 6) is -0.753. The normalized spacial score (nSPS) is 19.5. The van der Waals surface area contributed by atoms with Gasteiger partial charge in [0, 0.05) is 4.88 Å². The van der Waals surface area contributed by atoms with E-state index in [0.717, 1.165) is 10.4 Å². The first-order valence-electron chi connectivity index (χ1n) is 9.94. The van der Waals surface area contributed by atoms with Gasteiger partial charge in [0.15, 0.2) is 18.1 Å². The Morgan fingerprint density at radius 2 is 1.94 bits per heavy atom. The molecule has 1 unspecified atom stereocenters. The molecular weight excluding hydrogens is 438 g/mol. The summed E-state index contributed by atoms with van der Waals surface area (Å²) in [5.41, 5.74) is 1.94. The topological polar surface area (TPSA) is 123 Å². The molecular formula is C21H21N3O7S. The first-order chi connectivity index (χ1) is 15.3. The summed E-state index contributed by atoms with van der Waals surface area (Å²) in [6.45, 7) is 3.64. The Kier molecular flexibility index (Phi) is 5.74. The molecule has 1 fully saturated rings. The molecule has 0 spiro atoms. The molecule has 2 aliphatic heterocycles. The van der Waals surface area contributed by atoms with Crippen LogP contribution in [-0.2, 0) is 14.3 Å². The van der Waals surface area contributed by atoms with Crippen molar-refractivity contribution in [3.8, 4) is 21.9 Å². The second-order valence-corrected chi connectivity index (χ2v) is 8.47. The van der Waals surface area contributed by atoms with Crippen LogP contribution in [0.15, 0.2) is 30.3 Å². The summed E-state index contributed by atoms with van der Waals surface area (Å²) in [6, 6.07) is 8.15. The first kappa shape index (κ1) is 21.6. The Morgan fingerprint density at radius 1 is 1.19 bits per heavy atom. The van der Waals surface area contributed by atoms with Crippen LogP contribution in [-0.4, -0.2) is 54.2 Å². The number of urea groups is 1. The fraction of sp³-hybridized carbons (Fsp3) is 0.333. The molecule has 1 atom stereocenters. The Balaban J connectivity index is 1.34. The molecule has 0 aliphatic carbocycles. The van der Waals surface area contributed by atoms with Gasteiger partial charge < -0.3 is 19.5 Å². The number of esters is 1. The van der Waals surface area contributed by atoms with Crippen LogP contribution in [0.1, 0.15) is 29.9 Å². The molecule has 4 amide bonds. The number of thiophene rings is 1. The number of nitrogens with one attached hydrogen (secondary N) is 2. The van der Waals surface area contributed by atoms with E-state index in [0.29, 0.717) is 41.0 Å². The van der Waals surface area contributed by atoms with Crippen LogP contribution < -0.4 is 20.2 Å². The predicted octanol–water partition coefficient (Wildman–Crippen LogP) is 2.09. The molecule has 1 saturated heterocycles. The number of carbonyl (C=O) groups excluding carboxylic acids is 4. The van der Waals surface area contributed by atoms with Crippen LogP contribution in [0.25, 0.3) is 10.4 Å². The van der Waals surface area contributed by atoms with Gasteiger partial charge >= 0.3 is 12.0 Å². The minimum absolute atomic E-state index is 0.302. The van der Waals surface area contributed by atoms with Crippen LogP contribution >= 0.6 is 11.3 Å². The standard InChI is InChI=1S/C21H21N3O7S/c1-3-21(2)19(27)24(20(28)22-21)23-17(25)11-31-18(26)16-7-6-15(32-16)12-4-5-13-14(10-12)30-9-8-29-13/h4-7,10H,3,8-9,11H2,1-2H3,(H,22,28)(H,23,25). The van der Waals surface area contributed by atoms with Crippen LogP contribution in [0.5, 0.6) is 11.5 Å². The molecule has 168 valence electrons. The molecule has 2 N–H and O–H groups in total. The lowest BCUT2D eigenvalue weighted by Crippen LogP contribution is -2.49. The molecule has 2 aromatic rings. The van der Waals surface area contributed by atoms with Crippen molar-refractivity contribution in [2.24, 2.45) is 0 Å². The lowest BCUT2D eigenvalue weighted by Gasteiger charge is -2.19. The van der Waals surface area contributed by atoms with Gasteiger partial charge in [-0.05, 0) is 49.2 Å². The second-order valence-electron chi connectivity index (χ2n) is 7.39. The lowest BCUT2D eigenvalue weighted by molar-refractivity contribution is -0.139. The maximum absolute atomic E-state index is 12.3. The molecule has 10 nitrogen and oxygen atoms in total. The number of imide groups is 1. The highest BCUT2D eigenvalue weighted by atomic mass is 32.1. The third-order valence-corrected chi connectivity index (χ3v) is 6.29. The van der Waals surface area contributed by atoms with E-state index in [4.69, 9.17) is 14.2 Å². The van der Waals surface area contributed by atoms with Gasteiger partial charge in [0.25, 0.3) is 11.8 Å². The third-order valence-electron chi connectivity index (χ3n) is 5.17. The second kappa shape index (κ2) is 8.50. The lowest BCUT2D eigenvalue weighted by atomic mass is 10.00. The van der Waals surface area contributed by atoms with E-state index in [1.54, 1.807) is 26.0 Å². The molecule has 2 aliphatic rings. The molecule has 1 aromatic heterocycles. The maximum Gasteiger partial charge on any atom is 0.348 e. The van der Waals surface area contributed by atoms with Gasteiger partial charge in [-0.1, -0.05) is 6.92 Å². The van der Waals surface area contributed by atoms with Crippen molar-refractivity contribution in [3.63, 3.8) is 0 Å². The maximum atomic E-state index is 12.3. The van der Waals surface area contributed by atoms with E-state index in [2.05, 4.69) is 10.7 Å². The largest absolute Gasteiger partial charge is 0.486 e. The number of hydrogen-bond donors (Lipinski definition) is 2.